The summed E-state index contributed by atoms with van der Waals surface area (Å²) in [5.74, 6) is 0. The summed E-state index contributed by atoms with van der Waals surface area (Å²) in [6.07, 6.45) is 1.80. The van der Waals surface area contributed by atoms with Crippen LogP contribution in [0.5, 0.6) is 0 Å². The van der Waals surface area contributed by atoms with E-state index in [1.807, 2.05) is 41.1 Å². The molecule has 0 spiro atoms. The topological polar surface area (TPSA) is 29.9 Å². The molecule has 0 bridgehead atoms. The second kappa shape index (κ2) is 3.94. The number of aryl methyl sites for hydroxylation is 1. The standard InChI is InChI=1S/C14H13N3/c1-11-6-2-3-7-12(11)16-17-10-15-13-8-4-5-9-14(13)17/h2-10,16H,1H3. The van der Waals surface area contributed by atoms with E-state index in [9.17, 15) is 0 Å². The minimum absolute atomic E-state index is 0.994. The van der Waals surface area contributed by atoms with E-state index in [-0.39, 0.29) is 0 Å². The molecule has 17 heavy (non-hydrogen) atoms. The van der Waals surface area contributed by atoms with Crippen molar-refractivity contribution in [2.24, 2.45) is 0 Å². The second-order valence-corrected chi connectivity index (χ2v) is 4.03. The number of nitrogens with one attached hydrogen (secondary N) is 1. The van der Waals surface area contributed by atoms with Crippen molar-refractivity contribution in [2.75, 3.05) is 5.43 Å². The molecular formula is C14H13N3. The molecule has 1 N–H and O–H groups in total. The summed E-state index contributed by atoms with van der Waals surface area (Å²) in [6.45, 7) is 2.08. The van der Waals surface area contributed by atoms with Crippen LogP contribution in [0.4, 0.5) is 5.69 Å². The number of imidazole rings is 1. The van der Waals surface area contributed by atoms with Crippen LogP contribution in [-0.2, 0) is 0 Å². The zero-order valence-electron chi connectivity index (χ0n) is 9.59. The molecule has 0 radical (unpaired) electrons. The third-order valence-corrected chi connectivity index (χ3v) is 2.84. The summed E-state index contributed by atoms with van der Waals surface area (Å²) >= 11 is 0. The van der Waals surface area contributed by atoms with Crippen molar-refractivity contribution in [1.29, 1.82) is 0 Å². The van der Waals surface area contributed by atoms with Gasteiger partial charge in [0.15, 0.2) is 0 Å². The first kappa shape index (κ1) is 9.90. The van der Waals surface area contributed by atoms with Gasteiger partial charge in [0.25, 0.3) is 0 Å². The lowest BCUT2D eigenvalue weighted by atomic mass is 10.2. The smallest absolute Gasteiger partial charge is 0.116 e. The molecule has 0 amide bonds. The number of anilines is 1. The minimum atomic E-state index is 0.994. The Morgan fingerprint density at radius 1 is 1.00 bits per heavy atom. The van der Waals surface area contributed by atoms with Crippen molar-refractivity contribution in [3.8, 4) is 0 Å². The van der Waals surface area contributed by atoms with E-state index in [1.165, 1.54) is 5.56 Å². The summed E-state index contributed by atoms with van der Waals surface area (Å²) in [6, 6.07) is 16.3. The van der Waals surface area contributed by atoms with E-state index in [2.05, 4.69) is 29.5 Å². The monoisotopic (exact) mass is 223 g/mol. The van der Waals surface area contributed by atoms with Gasteiger partial charge in [-0.15, -0.1) is 0 Å². The fourth-order valence-electron chi connectivity index (χ4n) is 1.88. The van der Waals surface area contributed by atoms with Crippen LogP contribution in [0, 0.1) is 6.92 Å². The van der Waals surface area contributed by atoms with Gasteiger partial charge in [0.1, 0.15) is 6.33 Å². The first-order valence-corrected chi connectivity index (χ1v) is 5.59. The highest BCUT2D eigenvalue weighted by Crippen LogP contribution is 2.16. The molecule has 0 aliphatic carbocycles. The molecular weight excluding hydrogens is 210 g/mol. The second-order valence-electron chi connectivity index (χ2n) is 4.03. The van der Waals surface area contributed by atoms with Crippen molar-refractivity contribution in [3.05, 3.63) is 60.4 Å². The molecule has 0 saturated heterocycles. The average Bonchev–Trinajstić information content (AvgIpc) is 2.76. The molecule has 0 aliphatic heterocycles. The van der Waals surface area contributed by atoms with E-state index in [1.54, 1.807) is 6.33 Å². The van der Waals surface area contributed by atoms with E-state index in [4.69, 9.17) is 0 Å². The zero-order valence-corrected chi connectivity index (χ0v) is 9.59. The van der Waals surface area contributed by atoms with Crippen LogP contribution in [0.3, 0.4) is 0 Å². The number of nitrogens with zero attached hydrogens (tertiary/aromatic N) is 2. The highest BCUT2D eigenvalue weighted by atomic mass is 15.4. The molecule has 0 aliphatic rings. The highest BCUT2D eigenvalue weighted by molar-refractivity contribution is 5.76. The van der Waals surface area contributed by atoms with Crippen LogP contribution < -0.4 is 5.43 Å². The third kappa shape index (κ3) is 1.76. The Kier molecular flexibility index (Phi) is 2.29. The summed E-state index contributed by atoms with van der Waals surface area (Å²) in [5, 5.41) is 0. The fourth-order valence-corrected chi connectivity index (χ4v) is 1.88. The summed E-state index contributed by atoms with van der Waals surface area (Å²) in [4.78, 5) is 4.34. The predicted molar refractivity (Wildman–Crippen MR) is 69.9 cm³/mol. The average molecular weight is 223 g/mol. The Bertz CT molecular complexity index is 655. The molecule has 3 heteroatoms. The minimum Gasteiger partial charge on any atom is -0.293 e. The zero-order chi connectivity index (χ0) is 11.7. The first-order valence-electron chi connectivity index (χ1n) is 5.59. The fraction of sp³-hybridized carbons (Fsp3) is 0.0714. The lowest BCUT2D eigenvalue weighted by Gasteiger charge is -2.10. The number of hydrogen-bond donors (Lipinski definition) is 1. The lowest BCUT2D eigenvalue weighted by Crippen LogP contribution is -2.08. The maximum atomic E-state index is 4.34. The van der Waals surface area contributed by atoms with E-state index < -0.39 is 0 Å². The van der Waals surface area contributed by atoms with Crippen LogP contribution in [0.1, 0.15) is 5.56 Å². The van der Waals surface area contributed by atoms with Gasteiger partial charge in [-0.3, -0.25) is 5.43 Å². The molecule has 3 aromatic rings. The Balaban J connectivity index is 2.03. The number of rotatable bonds is 2. The molecule has 2 aromatic carbocycles. The number of hydrogen-bond acceptors (Lipinski definition) is 2. The van der Waals surface area contributed by atoms with Gasteiger partial charge < -0.3 is 0 Å². The van der Waals surface area contributed by atoms with Gasteiger partial charge >= 0.3 is 0 Å². The first-order chi connectivity index (χ1) is 8.34. The Labute approximate surface area is 99.7 Å². The quantitative estimate of drug-likeness (QED) is 0.723. The largest absolute Gasteiger partial charge is 0.293 e. The maximum Gasteiger partial charge on any atom is 0.116 e. The number of fused-ring (bicyclic) bond motifs is 1. The summed E-state index contributed by atoms with van der Waals surface area (Å²) in [7, 11) is 0. The normalized spacial score (nSPS) is 10.6. The van der Waals surface area contributed by atoms with Gasteiger partial charge in [0, 0.05) is 0 Å². The van der Waals surface area contributed by atoms with E-state index in [0.717, 1.165) is 16.7 Å². The summed E-state index contributed by atoms with van der Waals surface area (Å²) < 4.78 is 1.94. The molecule has 0 atom stereocenters. The van der Waals surface area contributed by atoms with Crippen LogP contribution >= 0.6 is 0 Å². The van der Waals surface area contributed by atoms with Crippen molar-refractivity contribution >= 4 is 16.7 Å². The van der Waals surface area contributed by atoms with Crippen molar-refractivity contribution in [2.45, 2.75) is 6.92 Å². The van der Waals surface area contributed by atoms with Crippen LogP contribution in [-0.4, -0.2) is 9.66 Å². The maximum absolute atomic E-state index is 4.34. The van der Waals surface area contributed by atoms with Gasteiger partial charge in [-0.25, -0.2) is 9.66 Å². The molecule has 3 nitrogen and oxygen atoms in total. The van der Waals surface area contributed by atoms with Crippen LogP contribution in [0.15, 0.2) is 54.9 Å². The van der Waals surface area contributed by atoms with Gasteiger partial charge in [0.2, 0.25) is 0 Å². The van der Waals surface area contributed by atoms with Crippen LogP contribution in [0.25, 0.3) is 11.0 Å². The van der Waals surface area contributed by atoms with Crippen molar-refractivity contribution < 1.29 is 0 Å². The Hall–Kier alpha value is -2.29. The van der Waals surface area contributed by atoms with Gasteiger partial charge in [0.05, 0.1) is 16.7 Å². The molecule has 3 rings (SSSR count). The van der Waals surface area contributed by atoms with E-state index in [0.29, 0.717) is 0 Å². The highest BCUT2D eigenvalue weighted by Gasteiger charge is 2.02. The molecule has 1 aromatic heterocycles. The Morgan fingerprint density at radius 3 is 2.65 bits per heavy atom. The van der Waals surface area contributed by atoms with Gasteiger partial charge in [-0.1, -0.05) is 30.3 Å². The van der Waals surface area contributed by atoms with Crippen molar-refractivity contribution in [1.82, 2.24) is 9.66 Å². The van der Waals surface area contributed by atoms with E-state index >= 15 is 0 Å². The van der Waals surface area contributed by atoms with Gasteiger partial charge in [-0.2, -0.15) is 0 Å². The number of para-hydroxylation sites is 3. The third-order valence-electron chi connectivity index (χ3n) is 2.84. The molecule has 0 saturated carbocycles. The predicted octanol–water partition coefficient (Wildman–Crippen LogP) is 3.22. The van der Waals surface area contributed by atoms with Crippen molar-refractivity contribution in [3.63, 3.8) is 0 Å². The van der Waals surface area contributed by atoms with Crippen LogP contribution in [0.2, 0.25) is 0 Å². The number of benzene rings is 2. The summed E-state index contributed by atoms with van der Waals surface area (Å²) in [5.41, 5.74) is 7.73. The lowest BCUT2D eigenvalue weighted by molar-refractivity contribution is 0.984. The molecule has 1 heterocycles. The molecule has 0 fully saturated rings. The molecule has 0 unspecified atom stereocenters. The SMILES string of the molecule is Cc1ccccc1Nn1cnc2ccccc21. The van der Waals surface area contributed by atoms with Gasteiger partial charge in [-0.05, 0) is 30.7 Å². The Morgan fingerprint density at radius 2 is 1.76 bits per heavy atom. The number of aromatic nitrogens is 2. The molecule has 84 valence electrons.